The van der Waals surface area contributed by atoms with E-state index in [1.165, 1.54) is 0 Å². The van der Waals surface area contributed by atoms with Crippen LogP contribution in [0.3, 0.4) is 0 Å². The van der Waals surface area contributed by atoms with E-state index >= 15 is 0 Å². The zero-order chi connectivity index (χ0) is 18.6. The van der Waals surface area contributed by atoms with Crippen LogP contribution in [0.15, 0.2) is 59.0 Å². The highest BCUT2D eigenvalue weighted by Crippen LogP contribution is 2.33. The quantitative estimate of drug-likeness (QED) is 0.622. The van der Waals surface area contributed by atoms with Gasteiger partial charge >= 0.3 is 0 Å². The van der Waals surface area contributed by atoms with Gasteiger partial charge in [0.2, 0.25) is 11.8 Å². The molecule has 2 aromatic carbocycles. The predicted molar refractivity (Wildman–Crippen MR) is 104 cm³/mol. The Morgan fingerprint density at radius 2 is 2.07 bits per heavy atom. The maximum Gasteiger partial charge on any atom is 0.247 e. The minimum absolute atomic E-state index is 0.0198. The third-order valence-electron chi connectivity index (χ3n) is 4.79. The van der Waals surface area contributed by atoms with Crippen molar-refractivity contribution in [2.75, 3.05) is 13.2 Å². The fraction of sp³-hybridized carbons (Fsp3) is 0.273. The number of nitrogens with zero attached hydrogens (tertiary/aromatic N) is 2. The van der Waals surface area contributed by atoms with Gasteiger partial charge in [-0.25, -0.2) is 4.98 Å². The van der Waals surface area contributed by atoms with E-state index in [1.54, 1.807) is 12.2 Å². The number of hydrogen-bond donors (Lipinski definition) is 0. The van der Waals surface area contributed by atoms with Crippen LogP contribution in [0.25, 0.3) is 17.2 Å². The average molecular weight is 362 g/mol. The number of rotatable bonds is 5. The number of fused-ring (bicyclic) bond motifs is 1. The molecule has 1 aromatic heterocycles. The summed E-state index contributed by atoms with van der Waals surface area (Å²) >= 11 is 0. The monoisotopic (exact) mass is 362 g/mol. The number of carbonyl (C=O) groups excluding carboxylic acids is 1. The minimum atomic E-state index is -0.0198. The molecule has 1 aliphatic heterocycles. The summed E-state index contributed by atoms with van der Waals surface area (Å²) in [6, 6.07) is 15.7. The maximum absolute atomic E-state index is 12.7. The predicted octanol–water partition coefficient (Wildman–Crippen LogP) is 4.60. The number of carbonyl (C=O) groups is 1. The molecule has 0 bridgehead atoms. The van der Waals surface area contributed by atoms with Gasteiger partial charge in [0.05, 0.1) is 12.6 Å². The Kier molecular flexibility index (Phi) is 4.92. The zero-order valence-corrected chi connectivity index (χ0v) is 15.3. The largest absolute Gasteiger partial charge is 0.494 e. The minimum Gasteiger partial charge on any atom is -0.494 e. The number of aromatic nitrogens is 1. The Morgan fingerprint density at radius 3 is 2.85 bits per heavy atom. The lowest BCUT2D eigenvalue weighted by atomic mass is 10.0. The molecule has 4 rings (SSSR count). The summed E-state index contributed by atoms with van der Waals surface area (Å²) in [4.78, 5) is 19.0. The van der Waals surface area contributed by atoms with Crippen molar-refractivity contribution in [1.82, 2.24) is 9.88 Å². The van der Waals surface area contributed by atoms with Crippen molar-refractivity contribution in [1.29, 1.82) is 0 Å². The van der Waals surface area contributed by atoms with Gasteiger partial charge in [-0.2, -0.15) is 0 Å². The molecule has 1 amide bonds. The van der Waals surface area contributed by atoms with Gasteiger partial charge in [-0.05, 0) is 49.6 Å². The lowest BCUT2D eigenvalue weighted by Gasteiger charge is -2.24. The molecule has 27 heavy (non-hydrogen) atoms. The number of likely N-dealkylation sites (tertiary alicyclic amines) is 1. The highest BCUT2D eigenvalue weighted by molar-refractivity contribution is 5.92. The number of benzene rings is 2. The van der Waals surface area contributed by atoms with Crippen molar-refractivity contribution in [3.63, 3.8) is 0 Å². The fourth-order valence-corrected chi connectivity index (χ4v) is 3.53. The Balaban J connectivity index is 1.48. The molecule has 138 valence electrons. The van der Waals surface area contributed by atoms with Gasteiger partial charge in [0.15, 0.2) is 5.58 Å². The molecule has 5 heteroatoms. The second kappa shape index (κ2) is 7.66. The molecule has 1 unspecified atom stereocenters. The van der Waals surface area contributed by atoms with Crippen molar-refractivity contribution < 1.29 is 13.9 Å². The van der Waals surface area contributed by atoms with E-state index in [0.29, 0.717) is 12.5 Å². The lowest BCUT2D eigenvalue weighted by molar-refractivity contribution is -0.126. The Bertz CT molecular complexity index is 926. The first-order valence-corrected chi connectivity index (χ1v) is 9.31. The SMILES string of the molecule is CCOc1ccc(C2CCCN2C(=O)/C=C/c2nc3ccccc3o2)cc1. The molecule has 0 saturated carbocycles. The number of oxazole rings is 1. The van der Waals surface area contributed by atoms with Crippen LogP contribution < -0.4 is 4.74 Å². The van der Waals surface area contributed by atoms with Crippen LogP contribution in [-0.4, -0.2) is 28.9 Å². The molecule has 2 heterocycles. The fourth-order valence-electron chi connectivity index (χ4n) is 3.53. The molecule has 0 radical (unpaired) electrons. The smallest absolute Gasteiger partial charge is 0.247 e. The number of amides is 1. The summed E-state index contributed by atoms with van der Waals surface area (Å²) in [7, 11) is 0. The van der Waals surface area contributed by atoms with Crippen LogP contribution in [0.1, 0.15) is 37.3 Å². The topological polar surface area (TPSA) is 55.6 Å². The van der Waals surface area contributed by atoms with Crippen molar-refractivity contribution in [3.05, 3.63) is 66.1 Å². The van der Waals surface area contributed by atoms with E-state index in [1.807, 2.05) is 60.4 Å². The van der Waals surface area contributed by atoms with Crippen LogP contribution in [0.5, 0.6) is 5.75 Å². The van der Waals surface area contributed by atoms with Crippen molar-refractivity contribution in [2.45, 2.75) is 25.8 Å². The molecule has 0 N–H and O–H groups in total. The second-order valence-corrected chi connectivity index (χ2v) is 6.54. The van der Waals surface area contributed by atoms with E-state index in [4.69, 9.17) is 9.15 Å². The lowest BCUT2D eigenvalue weighted by Crippen LogP contribution is -2.28. The van der Waals surface area contributed by atoms with E-state index in [9.17, 15) is 4.79 Å². The third kappa shape index (κ3) is 3.72. The van der Waals surface area contributed by atoms with Gasteiger partial charge in [-0.3, -0.25) is 4.79 Å². The molecular weight excluding hydrogens is 340 g/mol. The molecule has 1 aliphatic rings. The zero-order valence-electron chi connectivity index (χ0n) is 15.3. The molecule has 3 aromatic rings. The normalized spacial score (nSPS) is 17.1. The van der Waals surface area contributed by atoms with Crippen molar-refractivity contribution in [3.8, 4) is 5.75 Å². The average Bonchev–Trinajstić information content (AvgIpc) is 3.34. The first-order valence-electron chi connectivity index (χ1n) is 9.31. The Morgan fingerprint density at radius 1 is 1.26 bits per heavy atom. The Hall–Kier alpha value is -3.08. The third-order valence-corrected chi connectivity index (χ3v) is 4.79. The van der Waals surface area contributed by atoms with Gasteiger partial charge in [-0.1, -0.05) is 24.3 Å². The van der Waals surface area contributed by atoms with Crippen molar-refractivity contribution in [2.24, 2.45) is 0 Å². The molecule has 0 aliphatic carbocycles. The summed E-state index contributed by atoms with van der Waals surface area (Å²) in [5.41, 5.74) is 2.65. The summed E-state index contributed by atoms with van der Waals surface area (Å²) in [5, 5.41) is 0. The van der Waals surface area contributed by atoms with Gasteiger partial charge in [0, 0.05) is 18.7 Å². The molecular formula is C22H22N2O3. The van der Waals surface area contributed by atoms with Crippen molar-refractivity contribution >= 4 is 23.1 Å². The van der Waals surface area contributed by atoms with Crippen LogP contribution in [-0.2, 0) is 4.79 Å². The van der Waals surface area contributed by atoms with E-state index < -0.39 is 0 Å². The van der Waals surface area contributed by atoms with Crippen LogP contribution in [0.2, 0.25) is 0 Å². The molecule has 1 atom stereocenters. The van der Waals surface area contributed by atoms with Gasteiger partial charge in [0.25, 0.3) is 0 Å². The number of hydrogen-bond acceptors (Lipinski definition) is 4. The van der Waals surface area contributed by atoms with Gasteiger partial charge in [-0.15, -0.1) is 0 Å². The molecule has 1 saturated heterocycles. The first-order chi connectivity index (χ1) is 13.2. The van der Waals surface area contributed by atoms with E-state index in [0.717, 1.165) is 41.8 Å². The first kappa shape index (κ1) is 17.3. The highest BCUT2D eigenvalue weighted by atomic mass is 16.5. The highest BCUT2D eigenvalue weighted by Gasteiger charge is 2.28. The van der Waals surface area contributed by atoms with Gasteiger partial charge in [0.1, 0.15) is 11.3 Å². The maximum atomic E-state index is 12.7. The summed E-state index contributed by atoms with van der Waals surface area (Å²) in [6.07, 6.45) is 5.17. The number of ether oxygens (including phenoxy) is 1. The van der Waals surface area contributed by atoms with Crippen LogP contribution in [0, 0.1) is 0 Å². The van der Waals surface area contributed by atoms with E-state index in [-0.39, 0.29) is 11.9 Å². The molecule has 5 nitrogen and oxygen atoms in total. The standard InChI is InChI=1S/C22H22N2O3/c1-2-26-17-11-9-16(10-12-17)19-7-5-15-24(19)22(25)14-13-21-23-18-6-3-4-8-20(18)27-21/h3-4,6,8-14,19H,2,5,7,15H2,1H3/b14-13+. The Labute approximate surface area is 158 Å². The summed E-state index contributed by atoms with van der Waals surface area (Å²) < 4.78 is 11.1. The van der Waals surface area contributed by atoms with E-state index in [2.05, 4.69) is 4.98 Å². The van der Waals surface area contributed by atoms with Crippen LogP contribution in [0.4, 0.5) is 0 Å². The summed E-state index contributed by atoms with van der Waals surface area (Å²) in [5.74, 6) is 1.28. The van der Waals surface area contributed by atoms with Crippen LogP contribution >= 0.6 is 0 Å². The van der Waals surface area contributed by atoms with Gasteiger partial charge < -0.3 is 14.1 Å². The number of para-hydroxylation sites is 2. The second-order valence-electron chi connectivity index (χ2n) is 6.54. The molecule has 0 spiro atoms. The molecule has 1 fully saturated rings. The summed E-state index contributed by atoms with van der Waals surface area (Å²) in [6.45, 7) is 3.37.